The molecular formula is C13H7Br2N3O3. The minimum atomic E-state index is -0.612. The number of nitrogens with two attached hydrogens (primary N) is 1. The first-order valence-corrected chi connectivity index (χ1v) is 7.35. The minimum Gasteiger partial charge on any atom is -0.384 e. The summed E-state index contributed by atoms with van der Waals surface area (Å²) in [6, 6.07) is 6.32. The van der Waals surface area contributed by atoms with Crippen molar-refractivity contribution in [3.05, 3.63) is 54.7 Å². The summed E-state index contributed by atoms with van der Waals surface area (Å²) in [5.41, 5.74) is 5.96. The zero-order valence-electron chi connectivity index (χ0n) is 10.3. The average molecular weight is 413 g/mol. The Hall–Kier alpha value is -1.93. The third-order valence-corrected chi connectivity index (χ3v) is 4.27. The Morgan fingerprint density at radius 2 is 1.76 bits per heavy atom. The Morgan fingerprint density at radius 1 is 1.05 bits per heavy atom. The molecule has 6 nitrogen and oxygen atoms in total. The van der Waals surface area contributed by atoms with Gasteiger partial charge in [-0.1, -0.05) is 15.9 Å². The van der Waals surface area contributed by atoms with E-state index in [0.717, 1.165) is 10.5 Å². The zero-order chi connectivity index (χ0) is 15.3. The summed E-state index contributed by atoms with van der Waals surface area (Å²) in [6.45, 7) is 0. The lowest BCUT2D eigenvalue weighted by Gasteiger charge is -2.13. The van der Waals surface area contributed by atoms with Crippen molar-refractivity contribution in [1.29, 1.82) is 0 Å². The lowest BCUT2D eigenvalue weighted by atomic mass is 10.1. The summed E-state index contributed by atoms with van der Waals surface area (Å²) in [5, 5.41) is 2.12. The van der Waals surface area contributed by atoms with E-state index in [1.807, 2.05) is 0 Å². The standard InChI is InChI=1S/C13H7Br2N3O3/c14-5-1-2-7(15)8(3-5)18-9(19)4-6-10(11(18)16)13(21)17-12(6)20/h1-4H,16H2,(H,17,20,21). The highest BCUT2D eigenvalue weighted by Gasteiger charge is 2.32. The Bertz CT molecular complexity index is 874. The Labute approximate surface area is 135 Å². The average Bonchev–Trinajstić information content (AvgIpc) is 2.68. The van der Waals surface area contributed by atoms with Crippen molar-refractivity contribution in [1.82, 2.24) is 9.88 Å². The number of rotatable bonds is 1. The number of imide groups is 1. The van der Waals surface area contributed by atoms with Crippen LogP contribution >= 0.6 is 31.9 Å². The van der Waals surface area contributed by atoms with E-state index >= 15 is 0 Å². The molecule has 0 atom stereocenters. The molecule has 8 heteroatoms. The number of hydrogen-bond donors (Lipinski definition) is 2. The van der Waals surface area contributed by atoms with E-state index in [0.29, 0.717) is 10.2 Å². The van der Waals surface area contributed by atoms with Crippen LogP contribution in [0.3, 0.4) is 0 Å². The van der Waals surface area contributed by atoms with Crippen LogP contribution < -0.4 is 16.6 Å². The Morgan fingerprint density at radius 3 is 2.48 bits per heavy atom. The molecule has 0 unspecified atom stereocenters. The Balaban J connectivity index is 2.38. The molecule has 0 fully saturated rings. The number of benzene rings is 1. The van der Waals surface area contributed by atoms with Gasteiger partial charge in [0.25, 0.3) is 17.4 Å². The zero-order valence-corrected chi connectivity index (χ0v) is 13.5. The van der Waals surface area contributed by atoms with E-state index in [4.69, 9.17) is 5.73 Å². The smallest absolute Gasteiger partial charge is 0.262 e. The molecule has 2 aromatic rings. The number of hydrogen-bond acceptors (Lipinski definition) is 4. The third-order valence-electron chi connectivity index (χ3n) is 3.10. The lowest BCUT2D eigenvalue weighted by Crippen LogP contribution is -2.24. The molecule has 21 heavy (non-hydrogen) atoms. The topological polar surface area (TPSA) is 94.2 Å². The van der Waals surface area contributed by atoms with Crippen molar-refractivity contribution in [3.63, 3.8) is 0 Å². The number of anilines is 1. The molecule has 2 heterocycles. The van der Waals surface area contributed by atoms with Gasteiger partial charge in [-0.15, -0.1) is 0 Å². The van der Waals surface area contributed by atoms with Crippen LogP contribution in [0.25, 0.3) is 5.69 Å². The second kappa shape index (κ2) is 4.81. The summed E-state index contributed by atoms with van der Waals surface area (Å²) in [4.78, 5) is 35.7. The highest BCUT2D eigenvalue weighted by molar-refractivity contribution is 9.11. The number of carbonyl (C=O) groups excluding carboxylic acids is 2. The number of nitrogen functional groups attached to an aromatic ring is 1. The van der Waals surface area contributed by atoms with Crippen LogP contribution in [-0.4, -0.2) is 16.4 Å². The molecule has 0 spiro atoms. The van der Waals surface area contributed by atoms with Gasteiger partial charge in [-0.25, -0.2) is 0 Å². The number of amides is 2. The number of nitrogens with zero attached hydrogens (tertiary/aromatic N) is 1. The maximum absolute atomic E-state index is 12.3. The van der Waals surface area contributed by atoms with E-state index in [-0.39, 0.29) is 16.9 Å². The monoisotopic (exact) mass is 411 g/mol. The number of fused-ring (bicyclic) bond motifs is 1. The van der Waals surface area contributed by atoms with Crippen LogP contribution in [0.4, 0.5) is 5.82 Å². The first-order chi connectivity index (χ1) is 9.90. The van der Waals surface area contributed by atoms with E-state index in [2.05, 4.69) is 37.2 Å². The highest BCUT2D eigenvalue weighted by Crippen LogP contribution is 2.28. The highest BCUT2D eigenvalue weighted by atomic mass is 79.9. The second-order valence-electron chi connectivity index (χ2n) is 4.37. The summed E-state index contributed by atoms with van der Waals surface area (Å²) in [5.74, 6) is -1.29. The van der Waals surface area contributed by atoms with Gasteiger partial charge < -0.3 is 5.73 Å². The van der Waals surface area contributed by atoms with Gasteiger partial charge in [-0.3, -0.25) is 24.3 Å². The van der Waals surface area contributed by atoms with Crippen molar-refractivity contribution in [2.75, 3.05) is 5.73 Å². The van der Waals surface area contributed by atoms with E-state index in [9.17, 15) is 14.4 Å². The molecule has 1 aliphatic rings. The number of pyridine rings is 1. The fourth-order valence-electron chi connectivity index (χ4n) is 2.19. The molecule has 3 N–H and O–H groups in total. The number of nitrogens with one attached hydrogen (secondary N) is 1. The van der Waals surface area contributed by atoms with Crippen molar-refractivity contribution in [3.8, 4) is 5.69 Å². The quantitative estimate of drug-likeness (QED) is 0.698. The fourth-order valence-corrected chi connectivity index (χ4v) is 2.96. The summed E-state index contributed by atoms with van der Waals surface area (Å²) < 4.78 is 2.56. The van der Waals surface area contributed by atoms with Gasteiger partial charge in [0.15, 0.2) is 0 Å². The van der Waals surface area contributed by atoms with Crippen molar-refractivity contribution >= 4 is 49.5 Å². The van der Waals surface area contributed by atoms with Crippen LogP contribution in [0.1, 0.15) is 20.7 Å². The van der Waals surface area contributed by atoms with E-state index < -0.39 is 17.4 Å². The molecule has 0 aliphatic carbocycles. The predicted molar refractivity (Wildman–Crippen MR) is 83.6 cm³/mol. The van der Waals surface area contributed by atoms with Gasteiger partial charge in [-0.2, -0.15) is 0 Å². The van der Waals surface area contributed by atoms with Gasteiger partial charge in [-0.05, 0) is 34.1 Å². The maximum atomic E-state index is 12.3. The van der Waals surface area contributed by atoms with E-state index in [1.165, 1.54) is 4.57 Å². The molecule has 0 radical (unpaired) electrons. The third kappa shape index (κ3) is 2.11. The molecular weight excluding hydrogens is 406 g/mol. The van der Waals surface area contributed by atoms with Gasteiger partial charge >= 0.3 is 0 Å². The molecule has 0 saturated heterocycles. The number of carbonyl (C=O) groups is 2. The SMILES string of the molecule is Nc1c2c(cc(=O)n1-c1cc(Br)ccc1Br)C(=O)NC2=O. The molecule has 106 valence electrons. The van der Waals surface area contributed by atoms with Gasteiger partial charge in [0, 0.05) is 15.0 Å². The van der Waals surface area contributed by atoms with Crippen LogP contribution in [0.15, 0.2) is 38.0 Å². The maximum Gasteiger partial charge on any atom is 0.262 e. The van der Waals surface area contributed by atoms with Crippen molar-refractivity contribution in [2.24, 2.45) is 0 Å². The first-order valence-electron chi connectivity index (χ1n) is 5.77. The molecule has 1 aromatic heterocycles. The van der Waals surface area contributed by atoms with E-state index in [1.54, 1.807) is 18.2 Å². The Kier molecular flexibility index (Phi) is 3.22. The van der Waals surface area contributed by atoms with Crippen LogP contribution in [-0.2, 0) is 0 Å². The number of halogens is 2. The lowest BCUT2D eigenvalue weighted by molar-refractivity contribution is 0.0880. The molecule has 0 saturated carbocycles. The molecule has 1 aliphatic heterocycles. The summed E-state index contributed by atoms with van der Waals surface area (Å²) in [6.07, 6.45) is 0. The first kappa shape index (κ1) is 14.0. The van der Waals surface area contributed by atoms with Crippen molar-refractivity contribution < 1.29 is 9.59 Å². The van der Waals surface area contributed by atoms with Crippen LogP contribution in [0, 0.1) is 0 Å². The second-order valence-corrected chi connectivity index (χ2v) is 6.14. The van der Waals surface area contributed by atoms with Crippen LogP contribution in [0.5, 0.6) is 0 Å². The minimum absolute atomic E-state index is 0.00451. The fraction of sp³-hybridized carbons (Fsp3) is 0. The van der Waals surface area contributed by atoms with Gasteiger partial charge in [0.05, 0.1) is 16.8 Å². The van der Waals surface area contributed by atoms with Crippen LogP contribution in [0.2, 0.25) is 0 Å². The van der Waals surface area contributed by atoms with Gasteiger partial charge in [0.1, 0.15) is 5.82 Å². The molecule has 3 rings (SSSR count). The summed E-state index contributed by atoms with van der Waals surface area (Å²) >= 11 is 6.66. The number of aromatic nitrogens is 1. The largest absolute Gasteiger partial charge is 0.384 e. The normalized spacial score (nSPS) is 13.2. The molecule has 1 aromatic carbocycles. The van der Waals surface area contributed by atoms with Crippen molar-refractivity contribution in [2.45, 2.75) is 0 Å². The molecule has 0 bridgehead atoms. The molecule has 2 amide bonds. The predicted octanol–water partition coefficient (Wildman–Crippen LogP) is 1.83. The summed E-state index contributed by atoms with van der Waals surface area (Å²) in [7, 11) is 0. The van der Waals surface area contributed by atoms with Gasteiger partial charge in [0.2, 0.25) is 0 Å².